The van der Waals surface area contributed by atoms with Crippen molar-refractivity contribution >= 4 is 33.6 Å². The Hall–Kier alpha value is -3.13. The van der Waals surface area contributed by atoms with Crippen LogP contribution < -0.4 is 15.0 Å². The largest absolute Gasteiger partial charge is 0.493 e. The number of methoxy groups -OCH3 is 1. The van der Waals surface area contributed by atoms with Crippen LogP contribution in [0.15, 0.2) is 29.1 Å². The van der Waals surface area contributed by atoms with Gasteiger partial charge in [-0.25, -0.2) is 9.78 Å². The van der Waals surface area contributed by atoms with Crippen LogP contribution in [-0.4, -0.2) is 29.7 Å². The normalized spacial score (nSPS) is 11.2. The number of hydrogen-bond donors (Lipinski definition) is 1. The third-order valence-electron chi connectivity index (χ3n) is 4.34. The molecular weight excluding hydrogens is 392 g/mol. The summed E-state index contributed by atoms with van der Waals surface area (Å²) in [4.78, 5) is 33.0. The molecule has 2 aromatic heterocycles. The summed E-state index contributed by atoms with van der Waals surface area (Å²) >= 11 is 1.45. The summed E-state index contributed by atoms with van der Waals surface area (Å²) in [6.07, 6.45) is 2.93. The summed E-state index contributed by atoms with van der Waals surface area (Å²) in [6, 6.07) is 5.36. The molecule has 2 heterocycles. The van der Waals surface area contributed by atoms with Gasteiger partial charge in [-0.05, 0) is 50.1 Å². The number of H-pyrrole nitrogens is 1. The van der Waals surface area contributed by atoms with Crippen LogP contribution in [0.5, 0.6) is 11.5 Å². The van der Waals surface area contributed by atoms with E-state index in [4.69, 9.17) is 14.2 Å². The molecule has 29 heavy (non-hydrogen) atoms. The van der Waals surface area contributed by atoms with Crippen molar-refractivity contribution in [1.29, 1.82) is 0 Å². The van der Waals surface area contributed by atoms with Gasteiger partial charge in [0, 0.05) is 11.0 Å². The molecule has 3 aromatic rings. The third-order valence-corrected chi connectivity index (χ3v) is 5.44. The average molecular weight is 414 g/mol. The molecule has 0 amide bonds. The van der Waals surface area contributed by atoms with E-state index in [0.717, 1.165) is 16.0 Å². The molecule has 0 atom stereocenters. The Morgan fingerprint density at radius 3 is 2.79 bits per heavy atom. The SMILES string of the molecule is CCOc1ccc(/C=C/C(=O)OCc2nc3sc(C)c(C)c3c(=O)[nH]2)cc1OC. The van der Waals surface area contributed by atoms with Crippen molar-refractivity contribution in [2.75, 3.05) is 13.7 Å². The van der Waals surface area contributed by atoms with Crippen LogP contribution in [0.1, 0.15) is 28.8 Å². The number of carbonyl (C=O) groups excluding carboxylic acids is 1. The Bertz CT molecular complexity index is 1130. The molecule has 0 saturated heterocycles. The van der Waals surface area contributed by atoms with Crippen molar-refractivity contribution in [2.24, 2.45) is 0 Å². The van der Waals surface area contributed by atoms with Crippen LogP contribution in [0.2, 0.25) is 0 Å². The minimum absolute atomic E-state index is 0.114. The van der Waals surface area contributed by atoms with Gasteiger partial charge < -0.3 is 19.2 Å². The molecule has 8 heteroatoms. The van der Waals surface area contributed by atoms with E-state index in [0.29, 0.717) is 34.1 Å². The average Bonchev–Trinajstić information content (AvgIpc) is 2.99. The van der Waals surface area contributed by atoms with Crippen LogP contribution in [0.4, 0.5) is 0 Å². The lowest BCUT2D eigenvalue weighted by molar-refractivity contribution is -0.139. The van der Waals surface area contributed by atoms with Gasteiger partial charge in [0.05, 0.1) is 19.1 Å². The topological polar surface area (TPSA) is 90.5 Å². The molecule has 0 aliphatic carbocycles. The van der Waals surface area contributed by atoms with Gasteiger partial charge in [-0.2, -0.15) is 0 Å². The number of fused-ring (bicyclic) bond motifs is 1. The maximum absolute atomic E-state index is 12.3. The van der Waals surface area contributed by atoms with Crippen molar-refractivity contribution in [3.05, 3.63) is 56.5 Å². The van der Waals surface area contributed by atoms with Gasteiger partial charge in [0.15, 0.2) is 11.5 Å². The Morgan fingerprint density at radius 1 is 1.28 bits per heavy atom. The highest BCUT2D eigenvalue weighted by Gasteiger charge is 2.12. The van der Waals surface area contributed by atoms with E-state index in [9.17, 15) is 9.59 Å². The van der Waals surface area contributed by atoms with Gasteiger partial charge in [0.1, 0.15) is 17.3 Å². The number of nitrogens with zero attached hydrogens (tertiary/aromatic N) is 1. The standard InChI is InChI=1S/C21H22N2O5S/c1-5-27-15-8-6-14(10-16(15)26-4)7-9-18(24)28-11-17-22-20(25)19-12(2)13(3)29-21(19)23-17/h6-10H,5,11H2,1-4H3,(H,22,23,25)/b9-7+. The number of nitrogens with one attached hydrogen (secondary N) is 1. The molecule has 0 bridgehead atoms. The number of ether oxygens (including phenoxy) is 3. The maximum atomic E-state index is 12.3. The Balaban J connectivity index is 1.67. The first kappa shape index (κ1) is 20.6. The molecule has 0 spiro atoms. The van der Waals surface area contributed by atoms with Crippen molar-refractivity contribution in [2.45, 2.75) is 27.4 Å². The first-order chi connectivity index (χ1) is 13.9. The molecule has 3 rings (SSSR count). The fraction of sp³-hybridized carbons (Fsp3) is 0.286. The Kier molecular flexibility index (Phi) is 6.33. The second-order valence-corrected chi connectivity index (χ2v) is 7.46. The summed E-state index contributed by atoms with van der Waals surface area (Å²) in [7, 11) is 1.56. The van der Waals surface area contributed by atoms with Crippen molar-refractivity contribution < 1.29 is 19.0 Å². The first-order valence-corrected chi connectivity index (χ1v) is 9.89. The number of aryl methyl sites for hydroxylation is 2. The summed E-state index contributed by atoms with van der Waals surface area (Å²) in [6.45, 7) is 6.15. The molecular formula is C21H22N2O5S. The number of esters is 1. The zero-order valence-electron chi connectivity index (χ0n) is 16.7. The number of aromatic amines is 1. The molecule has 0 saturated carbocycles. The number of benzene rings is 1. The Labute approximate surface area is 172 Å². The fourth-order valence-electron chi connectivity index (χ4n) is 2.78. The van der Waals surface area contributed by atoms with Crippen LogP contribution in [0, 0.1) is 13.8 Å². The molecule has 0 aliphatic heterocycles. The summed E-state index contributed by atoms with van der Waals surface area (Å²) < 4.78 is 16.0. The highest BCUT2D eigenvalue weighted by Crippen LogP contribution is 2.28. The number of thiophene rings is 1. The quantitative estimate of drug-likeness (QED) is 0.468. The minimum Gasteiger partial charge on any atom is -0.493 e. The lowest BCUT2D eigenvalue weighted by Gasteiger charge is -2.09. The summed E-state index contributed by atoms with van der Waals surface area (Å²) in [5, 5.41) is 0.590. The van der Waals surface area contributed by atoms with Crippen LogP contribution in [0.25, 0.3) is 16.3 Å². The van der Waals surface area contributed by atoms with Crippen molar-refractivity contribution in [3.8, 4) is 11.5 Å². The zero-order chi connectivity index (χ0) is 21.0. The number of aromatic nitrogens is 2. The van der Waals surface area contributed by atoms with Crippen molar-refractivity contribution in [1.82, 2.24) is 9.97 Å². The fourth-order valence-corrected chi connectivity index (χ4v) is 3.83. The maximum Gasteiger partial charge on any atom is 0.331 e. The molecule has 152 valence electrons. The minimum atomic E-state index is -0.542. The zero-order valence-corrected chi connectivity index (χ0v) is 17.5. The van der Waals surface area contributed by atoms with E-state index >= 15 is 0 Å². The second-order valence-electron chi connectivity index (χ2n) is 6.26. The van der Waals surface area contributed by atoms with E-state index in [1.165, 1.54) is 17.4 Å². The van der Waals surface area contributed by atoms with E-state index < -0.39 is 5.97 Å². The van der Waals surface area contributed by atoms with Crippen LogP contribution in [-0.2, 0) is 16.1 Å². The van der Waals surface area contributed by atoms with Gasteiger partial charge in [0.25, 0.3) is 5.56 Å². The van der Waals surface area contributed by atoms with Gasteiger partial charge >= 0.3 is 5.97 Å². The monoisotopic (exact) mass is 414 g/mol. The van der Waals surface area contributed by atoms with E-state index in [1.54, 1.807) is 25.3 Å². The molecule has 0 aliphatic rings. The number of rotatable bonds is 7. The van der Waals surface area contributed by atoms with E-state index in [1.807, 2.05) is 26.8 Å². The van der Waals surface area contributed by atoms with Gasteiger partial charge in [-0.15, -0.1) is 11.3 Å². The highest BCUT2D eigenvalue weighted by molar-refractivity contribution is 7.18. The lowest BCUT2D eigenvalue weighted by Crippen LogP contribution is -2.13. The van der Waals surface area contributed by atoms with Crippen LogP contribution in [0.3, 0.4) is 0 Å². The molecule has 7 nitrogen and oxygen atoms in total. The molecule has 1 aromatic carbocycles. The smallest absolute Gasteiger partial charge is 0.331 e. The predicted octanol–water partition coefficient (Wildman–Crippen LogP) is 3.77. The molecule has 0 fully saturated rings. The van der Waals surface area contributed by atoms with Crippen LogP contribution >= 0.6 is 11.3 Å². The van der Waals surface area contributed by atoms with E-state index in [-0.39, 0.29) is 12.2 Å². The molecule has 1 N–H and O–H groups in total. The molecule has 0 unspecified atom stereocenters. The van der Waals surface area contributed by atoms with Gasteiger partial charge in [-0.1, -0.05) is 6.07 Å². The van der Waals surface area contributed by atoms with Crippen molar-refractivity contribution in [3.63, 3.8) is 0 Å². The number of hydrogen-bond acceptors (Lipinski definition) is 7. The molecule has 0 radical (unpaired) electrons. The second kappa shape index (κ2) is 8.91. The first-order valence-electron chi connectivity index (χ1n) is 9.07. The third kappa shape index (κ3) is 4.65. The summed E-state index contributed by atoms with van der Waals surface area (Å²) in [5.74, 6) is 0.991. The van der Waals surface area contributed by atoms with Gasteiger partial charge in [-0.3, -0.25) is 4.79 Å². The van der Waals surface area contributed by atoms with Gasteiger partial charge in [0.2, 0.25) is 0 Å². The Morgan fingerprint density at radius 2 is 2.07 bits per heavy atom. The predicted molar refractivity (Wildman–Crippen MR) is 113 cm³/mol. The lowest BCUT2D eigenvalue weighted by atomic mass is 10.2. The van der Waals surface area contributed by atoms with E-state index in [2.05, 4.69) is 9.97 Å². The number of carbonyl (C=O) groups is 1. The summed E-state index contributed by atoms with van der Waals surface area (Å²) in [5.41, 5.74) is 1.47. The highest BCUT2D eigenvalue weighted by atomic mass is 32.1.